The molecule has 0 aromatic rings. The third kappa shape index (κ3) is 10.1. The van der Waals surface area contributed by atoms with Gasteiger partial charge in [-0.1, -0.05) is 72.8 Å². The van der Waals surface area contributed by atoms with Crippen molar-refractivity contribution in [1.29, 1.82) is 0 Å². The summed E-state index contributed by atoms with van der Waals surface area (Å²) in [6.45, 7) is 18.5. The lowest BCUT2D eigenvalue weighted by molar-refractivity contribution is -0.145. The Kier molecular flexibility index (Phi) is 13.0. The maximum absolute atomic E-state index is 14.6. The minimum atomic E-state index is -3.58. The van der Waals surface area contributed by atoms with Gasteiger partial charge in [0.25, 0.3) is 5.91 Å². The van der Waals surface area contributed by atoms with E-state index in [2.05, 4.69) is 27.8 Å². The van der Waals surface area contributed by atoms with Crippen LogP contribution in [0.5, 0.6) is 0 Å². The van der Waals surface area contributed by atoms with Crippen LogP contribution in [0.15, 0.2) is 12.7 Å². The molecule has 13 heteroatoms. The molecule has 0 aromatic carbocycles. The van der Waals surface area contributed by atoms with E-state index in [0.29, 0.717) is 38.0 Å². The first-order chi connectivity index (χ1) is 23.0. The van der Waals surface area contributed by atoms with Crippen LogP contribution in [-0.2, 0) is 29.0 Å². The van der Waals surface area contributed by atoms with Crippen molar-refractivity contribution in [3.05, 3.63) is 12.7 Å². The maximum atomic E-state index is 14.6. The summed E-state index contributed by atoms with van der Waals surface area (Å²) in [5.74, 6) is -2.59. The Morgan fingerprint density at radius 3 is 2.02 bits per heavy atom. The van der Waals surface area contributed by atoms with Crippen molar-refractivity contribution in [2.75, 3.05) is 19.3 Å². The van der Waals surface area contributed by atoms with E-state index in [-0.39, 0.29) is 18.2 Å². The van der Waals surface area contributed by atoms with Crippen molar-refractivity contribution < 1.29 is 32.4 Å². The van der Waals surface area contributed by atoms with E-state index < -0.39 is 78.6 Å². The van der Waals surface area contributed by atoms with Crippen LogP contribution in [0.3, 0.4) is 0 Å². The molecule has 0 radical (unpaired) electrons. The van der Waals surface area contributed by atoms with E-state index in [9.17, 15) is 32.4 Å². The smallest absolute Gasteiger partial charge is 0.315 e. The monoisotopic (exact) mass is 721 g/mol. The van der Waals surface area contributed by atoms with Crippen molar-refractivity contribution >= 4 is 39.4 Å². The fraction of sp³-hybridized carbons (Fsp3) is 0.811. The molecule has 3 aliphatic rings. The third-order valence-electron chi connectivity index (χ3n) is 11.1. The Labute approximate surface area is 300 Å². The number of hydrogen-bond donors (Lipinski definition) is 4. The van der Waals surface area contributed by atoms with Crippen LogP contribution in [0.4, 0.5) is 4.79 Å². The topological polar surface area (TPSA) is 171 Å². The molecule has 12 nitrogen and oxygen atoms in total. The summed E-state index contributed by atoms with van der Waals surface area (Å²) in [5.41, 5.74) is -2.33. The number of amides is 5. The third-order valence-corrected chi connectivity index (χ3v) is 13.9. The fourth-order valence-electron chi connectivity index (χ4n) is 7.25. The number of urea groups is 1. The second-order valence-electron chi connectivity index (χ2n) is 17.5. The first-order valence-electron chi connectivity index (χ1n) is 18.3. The molecule has 0 aromatic heterocycles. The molecular weight excluding hydrogens is 659 g/mol. The molecule has 50 heavy (non-hydrogen) atoms. The Balaban J connectivity index is 1.92. The van der Waals surface area contributed by atoms with Crippen LogP contribution >= 0.6 is 0 Å². The molecular formula is C37H63N5O7S. The number of likely N-dealkylation sites (tertiary alicyclic amines) is 1. The number of rotatable bonds is 14. The molecule has 0 spiro atoms. The molecule has 2 saturated carbocycles. The number of likely N-dealkylation sites (N-methyl/N-ethyl adjacent to an activating group) is 1. The van der Waals surface area contributed by atoms with Gasteiger partial charge in [-0.2, -0.15) is 0 Å². The van der Waals surface area contributed by atoms with Gasteiger partial charge in [-0.05, 0) is 75.5 Å². The summed E-state index contributed by atoms with van der Waals surface area (Å²) in [5, 5.41) is 11.1. The van der Waals surface area contributed by atoms with Gasteiger partial charge in [0.2, 0.25) is 17.6 Å². The van der Waals surface area contributed by atoms with Crippen LogP contribution in [0.2, 0.25) is 0 Å². The van der Waals surface area contributed by atoms with Gasteiger partial charge in [0.05, 0.1) is 22.1 Å². The van der Waals surface area contributed by atoms with Gasteiger partial charge in [-0.15, -0.1) is 6.58 Å². The van der Waals surface area contributed by atoms with Gasteiger partial charge in [0.15, 0.2) is 9.84 Å². The molecule has 3 rings (SSSR count). The van der Waals surface area contributed by atoms with E-state index >= 15 is 0 Å². The van der Waals surface area contributed by atoms with Crippen LogP contribution in [0.1, 0.15) is 120 Å². The van der Waals surface area contributed by atoms with Crippen molar-refractivity contribution in [3.8, 4) is 0 Å². The van der Waals surface area contributed by atoms with Gasteiger partial charge in [-0.25, -0.2) is 13.2 Å². The lowest BCUT2D eigenvalue weighted by atomic mass is 9.74. The number of nitrogens with zero attached hydrogens (tertiary/aromatic N) is 1. The van der Waals surface area contributed by atoms with Crippen molar-refractivity contribution in [2.24, 2.45) is 22.7 Å². The SMILES string of the molecule is C=CC(C)(C)C1CCN(C(=O)[C@@H](NC(=O)NC2(CS(=O)(=O)C(C)(C)C)CCCCC2)C(C)(C)C)[C@@H]1C(=O)NC(CCC1CC1)C(=O)C(=O)NC. The van der Waals surface area contributed by atoms with E-state index in [1.807, 2.05) is 34.6 Å². The van der Waals surface area contributed by atoms with Crippen molar-refractivity contribution in [2.45, 2.75) is 148 Å². The standard InChI is InChI=1S/C37H63N5O7S/c1-11-36(8,9)25-19-22-42(27(25)30(44)39-26(18-17-24-15-16-24)28(43)31(45)38-10)32(46)29(34(2,3)4)40-33(47)41-37(20-13-12-14-21-37)23-50(48,49)35(5,6)7/h11,24-27,29H,1,12-23H2,2-10H3,(H,38,45)(H,39,44)(H2,40,41,47)/t25?,26?,27-,29+/m0/s1. The summed E-state index contributed by atoms with van der Waals surface area (Å²) >= 11 is 0. The molecule has 2 unspecified atom stereocenters. The molecule has 4 atom stereocenters. The number of nitrogens with one attached hydrogen (secondary N) is 4. The molecule has 1 heterocycles. The van der Waals surface area contributed by atoms with E-state index in [4.69, 9.17) is 0 Å². The largest absolute Gasteiger partial charge is 0.353 e. The van der Waals surface area contributed by atoms with E-state index in [1.54, 1.807) is 26.8 Å². The zero-order valence-corrected chi connectivity index (χ0v) is 32.7. The highest BCUT2D eigenvalue weighted by Gasteiger charge is 2.51. The normalized spacial score (nSPS) is 22.5. The van der Waals surface area contributed by atoms with E-state index in [1.165, 1.54) is 11.9 Å². The summed E-state index contributed by atoms with van der Waals surface area (Å²) in [6.07, 6.45) is 8.87. The average Bonchev–Trinajstić information content (AvgIpc) is 3.73. The lowest BCUT2D eigenvalue weighted by Crippen LogP contribution is -2.64. The molecule has 4 N–H and O–H groups in total. The highest BCUT2D eigenvalue weighted by Crippen LogP contribution is 2.41. The number of hydrogen-bond acceptors (Lipinski definition) is 7. The Morgan fingerprint density at radius 1 is 0.920 bits per heavy atom. The molecule has 3 fully saturated rings. The summed E-state index contributed by atoms with van der Waals surface area (Å²) in [7, 11) is -2.21. The number of carbonyl (C=O) groups excluding carboxylic acids is 5. The maximum Gasteiger partial charge on any atom is 0.315 e. The number of sulfone groups is 1. The Morgan fingerprint density at radius 2 is 1.52 bits per heavy atom. The summed E-state index contributed by atoms with van der Waals surface area (Å²) in [6, 6.07) is -3.73. The van der Waals surface area contributed by atoms with E-state index in [0.717, 1.165) is 32.1 Å². The average molecular weight is 722 g/mol. The first-order valence-corrected chi connectivity index (χ1v) is 19.9. The van der Waals surface area contributed by atoms with Crippen molar-refractivity contribution in [3.63, 3.8) is 0 Å². The summed E-state index contributed by atoms with van der Waals surface area (Å²) in [4.78, 5) is 69.6. The van der Waals surface area contributed by atoms with Crippen LogP contribution in [0, 0.1) is 22.7 Å². The van der Waals surface area contributed by atoms with Gasteiger partial charge in [-0.3, -0.25) is 19.2 Å². The summed E-state index contributed by atoms with van der Waals surface area (Å²) < 4.78 is 25.7. The molecule has 2 aliphatic carbocycles. The first kappa shape index (κ1) is 41.5. The molecule has 1 aliphatic heterocycles. The zero-order chi connectivity index (χ0) is 37.9. The molecule has 1 saturated heterocycles. The Hall–Kier alpha value is -2.96. The number of allylic oxidation sites excluding steroid dienone is 1. The fourth-order valence-corrected chi connectivity index (χ4v) is 8.77. The highest BCUT2D eigenvalue weighted by atomic mass is 32.2. The van der Waals surface area contributed by atoms with Gasteiger partial charge in [0.1, 0.15) is 12.1 Å². The van der Waals surface area contributed by atoms with Crippen LogP contribution in [-0.4, -0.2) is 90.6 Å². The Bertz CT molecular complexity index is 1400. The predicted molar refractivity (Wildman–Crippen MR) is 195 cm³/mol. The second-order valence-corrected chi connectivity index (χ2v) is 20.3. The van der Waals surface area contributed by atoms with Gasteiger partial charge in [0, 0.05) is 13.6 Å². The number of Topliss-reactive ketones (excluding diaryl/α,β-unsaturated/α-hetero) is 1. The molecule has 0 bridgehead atoms. The van der Waals surface area contributed by atoms with Crippen molar-refractivity contribution in [1.82, 2.24) is 26.2 Å². The number of carbonyl (C=O) groups is 5. The van der Waals surface area contributed by atoms with Gasteiger partial charge >= 0.3 is 6.03 Å². The lowest BCUT2D eigenvalue weighted by Gasteiger charge is -2.41. The van der Waals surface area contributed by atoms with Gasteiger partial charge < -0.3 is 26.2 Å². The molecule has 5 amide bonds. The highest BCUT2D eigenvalue weighted by molar-refractivity contribution is 7.92. The zero-order valence-electron chi connectivity index (χ0n) is 31.9. The molecule has 284 valence electrons. The second kappa shape index (κ2) is 15.7. The number of ketones is 1. The van der Waals surface area contributed by atoms with Crippen LogP contribution in [0.25, 0.3) is 0 Å². The minimum Gasteiger partial charge on any atom is -0.353 e. The quantitative estimate of drug-likeness (QED) is 0.155. The van der Waals surface area contributed by atoms with Crippen LogP contribution < -0.4 is 21.3 Å². The minimum absolute atomic E-state index is 0.200. The predicted octanol–water partition coefficient (Wildman–Crippen LogP) is 4.04.